The summed E-state index contributed by atoms with van der Waals surface area (Å²) in [6.45, 7) is 3.46. The van der Waals surface area contributed by atoms with E-state index in [2.05, 4.69) is 17.1 Å². The molecule has 6 nitrogen and oxygen atoms in total. The lowest BCUT2D eigenvalue weighted by Crippen LogP contribution is -2.23. The van der Waals surface area contributed by atoms with Crippen LogP contribution < -0.4 is 10.6 Å². The van der Waals surface area contributed by atoms with Crippen molar-refractivity contribution in [2.45, 2.75) is 36.5 Å². The Balaban J connectivity index is 2.12. The fourth-order valence-electron chi connectivity index (χ4n) is 3.47. The van der Waals surface area contributed by atoms with Crippen molar-refractivity contribution in [2.24, 2.45) is 5.73 Å². The number of nitrogens with two attached hydrogens (primary N) is 1. The molecule has 0 spiro atoms. The summed E-state index contributed by atoms with van der Waals surface area (Å²) in [5, 5.41) is 19.0. The average Bonchev–Trinajstić information content (AvgIpc) is 3.26. The molecule has 1 amide bonds. The number of hydrogen-bond acceptors (Lipinski definition) is 6. The molecule has 1 aliphatic heterocycles. The van der Waals surface area contributed by atoms with Gasteiger partial charge in [0.25, 0.3) is 0 Å². The zero-order valence-corrected chi connectivity index (χ0v) is 16.8. The summed E-state index contributed by atoms with van der Waals surface area (Å²) < 4.78 is 13.3. The highest BCUT2D eigenvalue weighted by Gasteiger charge is 2.28. The van der Waals surface area contributed by atoms with E-state index in [-0.39, 0.29) is 5.56 Å². The number of primary amides is 1. The zero-order valence-electron chi connectivity index (χ0n) is 16.0. The number of anilines is 1. The zero-order chi connectivity index (χ0) is 21.0. The van der Waals surface area contributed by atoms with Crippen LogP contribution in [0.4, 0.5) is 10.2 Å². The Hall–Kier alpha value is -3.10. The van der Waals surface area contributed by atoms with Gasteiger partial charge in [-0.1, -0.05) is 30.8 Å². The van der Waals surface area contributed by atoms with Gasteiger partial charge in [-0.05, 0) is 42.5 Å². The third-order valence-corrected chi connectivity index (χ3v) is 6.15. The first-order valence-electron chi connectivity index (χ1n) is 9.33. The summed E-state index contributed by atoms with van der Waals surface area (Å²) >= 11 is 1.06. The molecule has 1 aliphatic rings. The topological polar surface area (TPSA) is 107 Å². The van der Waals surface area contributed by atoms with Crippen molar-refractivity contribution < 1.29 is 9.18 Å². The molecule has 1 fully saturated rings. The molecule has 0 radical (unpaired) electrons. The number of thioether (sulfide) groups is 1. The maximum atomic E-state index is 13.3. The Bertz CT molecular complexity index is 1000. The van der Waals surface area contributed by atoms with Crippen LogP contribution in [-0.2, 0) is 11.2 Å². The van der Waals surface area contributed by atoms with Gasteiger partial charge in [0.05, 0.1) is 11.1 Å². The van der Waals surface area contributed by atoms with Gasteiger partial charge in [0.1, 0.15) is 34.0 Å². The first-order valence-corrected chi connectivity index (χ1v) is 10.2. The van der Waals surface area contributed by atoms with Gasteiger partial charge in [-0.15, -0.1) is 0 Å². The number of benzene rings is 1. The standard InChI is InChI=1S/C21H20FN5OS/c1-2-15-16(11-23)20(27-9-3-4-10-27)26-21(17(15)12-24)29-18(19(25)28)13-5-7-14(22)8-6-13/h5-8,18H,2-4,9-10H2,1H3,(H2,25,28)/t18-/m1/s1. The van der Waals surface area contributed by atoms with Crippen molar-refractivity contribution in [2.75, 3.05) is 18.0 Å². The molecule has 2 aromatic rings. The van der Waals surface area contributed by atoms with E-state index in [9.17, 15) is 19.7 Å². The third-order valence-electron chi connectivity index (χ3n) is 4.89. The van der Waals surface area contributed by atoms with Crippen molar-refractivity contribution in [3.8, 4) is 12.1 Å². The molecule has 1 atom stereocenters. The van der Waals surface area contributed by atoms with Crippen LogP contribution >= 0.6 is 11.8 Å². The molecule has 0 aliphatic carbocycles. The number of halogens is 1. The van der Waals surface area contributed by atoms with Crippen LogP contribution in [0.25, 0.3) is 0 Å². The van der Waals surface area contributed by atoms with E-state index < -0.39 is 17.0 Å². The maximum Gasteiger partial charge on any atom is 0.235 e. The minimum atomic E-state index is -0.834. The Morgan fingerprint density at radius 3 is 2.38 bits per heavy atom. The first kappa shape index (κ1) is 20.6. The van der Waals surface area contributed by atoms with Crippen molar-refractivity contribution in [1.29, 1.82) is 10.5 Å². The fourth-order valence-corrected chi connectivity index (χ4v) is 4.52. The second-order valence-corrected chi connectivity index (χ2v) is 7.79. The molecule has 1 aromatic heterocycles. The summed E-state index contributed by atoms with van der Waals surface area (Å²) in [5.74, 6) is -0.483. The van der Waals surface area contributed by atoms with Gasteiger partial charge in [-0.2, -0.15) is 10.5 Å². The van der Waals surface area contributed by atoms with Gasteiger partial charge in [0.2, 0.25) is 5.91 Å². The highest BCUT2D eigenvalue weighted by atomic mass is 32.2. The van der Waals surface area contributed by atoms with Gasteiger partial charge < -0.3 is 10.6 Å². The molecule has 148 valence electrons. The van der Waals surface area contributed by atoms with E-state index in [0.29, 0.717) is 34.0 Å². The van der Waals surface area contributed by atoms with Gasteiger partial charge >= 0.3 is 0 Å². The summed E-state index contributed by atoms with van der Waals surface area (Å²) in [5.41, 5.74) is 7.45. The van der Waals surface area contributed by atoms with Crippen molar-refractivity contribution >= 4 is 23.5 Å². The summed E-state index contributed by atoms with van der Waals surface area (Å²) in [6, 6.07) is 9.87. The van der Waals surface area contributed by atoms with Crippen LogP contribution in [0.1, 0.15) is 47.3 Å². The Kier molecular flexibility index (Phi) is 6.36. The number of nitrogens with zero attached hydrogens (tertiary/aromatic N) is 4. The Labute approximate surface area is 173 Å². The first-order chi connectivity index (χ1) is 14.0. The molecule has 0 bridgehead atoms. The number of aromatic nitrogens is 1. The molecule has 2 N–H and O–H groups in total. The van der Waals surface area contributed by atoms with Crippen LogP contribution in [0, 0.1) is 28.5 Å². The van der Waals surface area contributed by atoms with E-state index in [1.54, 1.807) is 0 Å². The lowest BCUT2D eigenvalue weighted by molar-refractivity contribution is -0.117. The predicted molar refractivity (Wildman–Crippen MR) is 109 cm³/mol. The monoisotopic (exact) mass is 409 g/mol. The minimum absolute atomic E-state index is 0.283. The van der Waals surface area contributed by atoms with Crippen molar-refractivity contribution in [3.63, 3.8) is 0 Å². The maximum absolute atomic E-state index is 13.3. The lowest BCUT2D eigenvalue weighted by Gasteiger charge is -2.22. The van der Waals surface area contributed by atoms with Crippen LogP contribution in [0.5, 0.6) is 0 Å². The summed E-state index contributed by atoms with van der Waals surface area (Å²) in [6.07, 6.45) is 2.51. The van der Waals surface area contributed by atoms with E-state index in [1.165, 1.54) is 24.3 Å². The van der Waals surface area contributed by atoms with Gasteiger partial charge in [0, 0.05) is 13.1 Å². The number of carbonyl (C=O) groups excluding carboxylic acids is 1. The fraction of sp³-hybridized carbons (Fsp3) is 0.333. The lowest BCUT2D eigenvalue weighted by atomic mass is 10.0. The highest BCUT2D eigenvalue weighted by Crippen LogP contribution is 2.40. The number of pyridine rings is 1. The summed E-state index contributed by atoms with van der Waals surface area (Å²) in [4.78, 5) is 18.8. The molecular formula is C21H20FN5OS. The molecule has 1 saturated heterocycles. The molecular weight excluding hydrogens is 389 g/mol. The van der Waals surface area contributed by atoms with E-state index >= 15 is 0 Å². The number of amides is 1. The quantitative estimate of drug-likeness (QED) is 0.733. The van der Waals surface area contributed by atoms with Crippen molar-refractivity contribution in [3.05, 3.63) is 52.3 Å². The van der Waals surface area contributed by atoms with Crippen LogP contribution in [0.2, 0.25) is 0 Å². The van der Waals surface area contributed by atoms with Crippen LogP contribution in [0.15, 0.2) is 29.3 Å². The smallest absolute Gasteiger partial charge is 0.235 e. The Morgan fingerprint density at radius 2 is 1.86 bits per heavy atom. The predicted octanol–water partition coefficient (Wildman–Crippen LogP) is 3.45. The van der Waals surface area contributed by atoms with Gasteiger partial charge in [-0.25, -0.2) is 9.37 Å². The van der Waals surface area contributed by atoms with Gasteiger partial charge in [0.15, 0.2) is 0 Å². The molecule has 8 heteroatoms. The van der Waals surface area contributed by atoms with Gasteiger partial charge in [-0.3, -0.25) is 4.79 Å². The van der Waals surface area contributed by atoms with E-state index in [0.717, 1.165) is 37.7 Å². The number of hydrogen-bond donors (Lipinski definition) is 1. The second kappa shape index (κ2) is 8.93. The molecule has 0 unspecified atom stereocenters. The third kappa shape index (κ3) is 4.18. The largest absolute Gasteiger partial charge is 0.368 e. The van der Waals surface area contributed by atoms with Crippen LogP contribution in [-0.4, -0.2) is 24.0 Å². The van der Waals surface area contributed by atoms with E-state index in [1.807, 2.05) is 11.8 Å². The SMILES string of the molecule is CCc1c(C#N)c(S[C@@H](C(N)=O)c2ccc(F)cc2)nc(N2CCCC2)c1C#N. The molecule has 2 heterocycles. The number of carbonyl (C=O) groups is 1. The normalized spacial score (nSPS) is 14.3. The highest BCUT2D eigenvalue weighted by molar-refractivity contribution is 8.00. The molecule has 29 heavy (non-hydrogen) atoms. The Morgan fingerprint density at radius 1 is 1.24 bits per heavy atom. The average molecular weight is 409 g/mol. The molecule has 3 rings (SSSR count). The summed E-state index contributed by atoms with van der Waals surface area (Å²) in [7, 11) is 0. The number of rotatable bonds is 6. The van der Waals surface area contributed by atoms with E-state index in [4.69, 9.17) is 5.73 Å². The van der Waals surface area contributed by atoms with Crippen molar-refractivity contribution in [1.82, 2.24) is 4.98 Å². The molecule has 1 aromatic carbocycles. The van der Waals surface area contributed by atoms with Crippen LogP contribution in [0.3, 0.4) is 0 Å². The second-order valence-electron chi connectivity index (χ2n) is 6.69. The minimum Gasteiger partial charge on any atom is -0.368 e. The number of nitriles is 2. The molecule has 0 saturated carbocycles.